The Kier molecular flexibility index (Phi) is 5.54. The monoisotopic (exact) mass is 282 g/mol. The summed E-state index contributed by atoms with van der Waals surface area (Å²) in [6.07, 6.45) is 2.76. The lowest BCUT2D eigenvalue weighted by atomic mass is 10.0. The van der Waals surface area contributed by atoms with Gasteiger partial charge in [-0.25, -0.2) is 9.59 Å². The number of carbonyl (C=O) groups is 2. The average Bonchev–Trinajstić information content (AvgIpc) is 2.67. The molecular weight excluding hydrogens is 260 g/mol. The van der Waals surface area contributed by atoms with Gasteiger partial charge < -0.3 is 15.7 Å². The highest BCUT2D eigenvalue weighted by molar-refractivity contribution is 5.92. The van der Waals surface area contributed by atoms with Crippen LogP contribution in [0.25, 0.3) is 0 Å². The minimum Gasteiger partial charge on any atom is -0.480 e. The maximum absolute atomic E-state index is 11.9. The van der Waals surface area contributed by atoms with Crippen molar-refractivity contribution in [3.05, 3.63) is 11.9 Å². The van der Waals surface area contributed by atoms with Crippen LogP contribution in [0, 0.1) is 5.92 Å². The van der Waals surface area contributed by atoms with Crippen molar-refractivity contribution in [1.82, 2.24) is 15.1 Å². The number of hydrogen-bond donors (Lipinski definition) is 3. The lowest BCUT2D eigenvalue weighted by Crippen LogP contribution is -2.43. The zero-order valence-corrected chi connectivity index (χ0v) is 12.3. The molecule has 0 spiro atoms. The molecule has 0 aliphatic rings. The van der Waals surface area contributed by atoms with Crippen molar-refractivity contribution in [2.45, 2.75) is 39.7 Å². The van der Waals surface area contributed by atoms with Crippen molar-refractivity contribution in [1.29, 1.82) is 0 Å². The third-order valence-corrected chi connectivity index (χ3v) is 2.80. The Balaban J connectivity index is 2.67. The Hall–Kier alpha value is -2.05. The van der Waals surface area contributed by atoms with E-state index in [0.717, 1.165) is 5.69 Å². The number of hydrogen-bond acceptors (Lipinski definition) is 3. The molecule has 1 aromatic rings. The Morgan fingerprint density at radius 3 is 2.60 bits per heavy atom. The Morgan fingerprint density at radius 1 is 1.45 bits per heavy atom. The summed E-state index contributed by atoms with van der Waals surface area (Å²) >= 11 is 0. The van der Waals surface area contributed by atoms with Crippen LogP contribution in [0.1, 0.15) is 32.9 Å². The molecule has 2 amide bonds. The van der Waals surface area contributed by atoms with Gasteiger partial charge in [0.2, 0.25) is 0 Å². The first-order valence-corrected chi connectivity index (χ1v) is 6.66. The predicted octanol–water partition coefficient (Wildman–Crippen LogP) is 1.60. The number of nitrogens with one attached hydrogen (secondary N) is 2. The van der Waals surface area contributed by atoms with Crippen molar-refractivity contribution in [2.24, 2.45) is 13.0 Å². The molecule has 0 aromatic carbocycles. The third kappa shape index (κ3) is 4.56. The number of urea groups is 1. The van der Waals surface area contributed by atoms with Gasteiger partial charge in [-0.15, -0.1) is 0 Å². The Bertz CT molecular complexity index is 482. The summed E-state index contributed by atoms with van der Waals surface area (Å²) in [5.74, 6) is -0.850. The lowest BCUT2D eigenvalue weighted by molar-refractivity contribution is -0.139. The van der Waals surface area contributed by atoms with E-state index in [4.69, 9.17) is 5.11 Å². The van der Waals surface area contributed by atoms with Gasteiger partial charge >= 0.3 is 12.0 Å². The highest BCUT2D eigenvalue weighted by atomic mass is 16.4. The van der Waals surface area contributed by atoms with Gasteiger partial charge in [0.05, 0.1) is 11.4 Å². The van der Waals surface area contributed by atoms with Crippen molar-refractivity contribution in [3.8, 4) is 0 Å². The van der Waals surface area contributed by atoms with Gasteiger partial charge in [0.25, 0.3) is 0 Å². The first kappa shape index (κ1) is 16.0. The molecule has 0 radical (unpaired) electrons. The number of anilines is 1. The standard InChI is InChI=1S/C13H22N4O3/c1-5-9-11(7-17(4)16-9)15-13(20)14-10(12(18)19)6-8(2)3/h7-8,10H,5-6H2,1-4H3,(H,18,19)(H2,14,15,20)/t10-/m0/s1. The lowest BCUT2D eigenvalue weighted by Gasteiger charge is -2.16. The van der Waals surface area contributed by atoms with Gasteiger partial charge in [0.1, 0.15) is 6.04 Å². The van der Waals surface area contributed by atoms with E-state index < -0.39 is 18.0 Å². The number of aliphatic carboxylic acids is 1. The number of aryl methyl sites for hydroxylation is 2. The van der Waals surface area contributed by atoms with Crippen LogP contribution in [0.15, 0.2) is 6.20 Å². The van der Waals surface area contributed by atoms with Crippen LogP contribution in [0.2, 0.25) is 0 Å². The normalized spacial score (nSPS) is 12.2. The van der Waals surface area contributed by atoms with Gasteiger partial charge in [0, 0.05) is 13.2 Å². The molecule has 0 aliphatic carbocycles. The molecule has 1 heterocycles. The van der Waals surface area contributed by atoms with Crippen molar-refractivity contribution < 1.29 is 14.7 Å². The van der Waals surface area contributed by atoms with Gasteiger partial charge in [-0.2, -0.15) is 5.10 Å². The van der Waals surface area contributed by atoms with Gasteiger partial charge in [0.15, 0.2) is 0 Å². The summed E-state index contributed by atoms with van der Waals surface area (Å²) in [6, 6.07) is -1.42. The first-order chi connectivity index (χ1) is 9.33. The smallest absolute Gasteiger partial charge is 0.326 e. The molecule has 0 saturated carbocycles. The second kappa shape index (κ2) is 6.93. The molecule has 0 saturated heterocycles. The van der Waals surface area contributed by atoms with Crippen LogP contribution in [0.4, 0.5) is 10.5 Å². The largest absolute Gasteiger partial charge is 0.480 e. The number of carbonyl (C=O) groups excluding carboxylic acids is 1. The minimum atomic E-state index is -1.03. The molecule has 20 heavy (non-hydrogen) atoms. The average molecular weight is 282 g/mol. The number of carboxylic acids is 1. The molecule has 0 aliphatic heterocycles. The Morgan fingerprint density at radius 2 is 2.10 bits per heavy atom. The fourth-order valence-corrected chi connectivity index (χ4v) is 1.91. The summed E-state index contributed by atoms with van der Waals surface area (Å²) in [5.41, 5.74) is 1.36. The predicted molar refractivity (Wildman–Crippen MR) is 75.6 cm³/mol. The van der Waals surface area contributed by atoms with Crippen LogP contribution < -0.4 is 10.6 Å². The van der Waals surface area contributed by atoms with Crippen molar-refractivity contribution >= 4 is 17.7 Å². The number of carboxylic acid groups (broad SMARTS) is 1. The number of amides is 2. The summed E-state index contributed by atoms with van der Waals surface area (Å²) < 4.78 is 1.61. The van der Waals surface area contributed by atoms with E-state index >= 15 is 0 Å². The van der Waals surface area contributed by atoms with E-state index in [0.29, 0.717) is 18.5 Å². The Labute approximate surface area is 118 Å². The highest BCUT2D eigenvalue weighted by Crippen LogP contribution is 2.13. The third-order valence-electron chi connectivity index (χ3n) is 2.80. The zero-order chi connectivity index (χ0) is 15.3. The van der Waals surface area contributed by atoms with E-state index in [1.807, 2.05) is 20.8 Å². The quantitative estimate of drug-likeness (QED) is 0.738. The maximum atomic E-state index is 11.9. The molecule has 1 aromatic heterocycles. The topological polar surface area (TPSA) is 96.3 Å². The van der Waals surface area contributed by atoms with E-state index in [-0.39, 0.29) is 5.92 Å². The molecule has 0 bridgehead atoms. The van der Waals surface area contributed by atoms with Gasteiger partial charge in [-0.05, 0) is 18.8 Å². The first-order valence-electron chi connectivity index (χ1n) is 6.66. The van der Waals surface area contributed by atoms with Crippen LogP contribution in [-0.2, 0) is 18.3 Å². The second-order valence-electron chi connectivity index (χ2n) is 5.14. The molecule has 3 N–H and O–H groups in total. The summed E-state index contributed by atoms with van der Waals surface area (Å²) in [5, 5.41) is 18.4. The molecule has 7 nitrogen and oxygen atoms in total. The van der Waals surface area contributed by atoms with Crippen molar-refractivity contribution in [3.63, 3.8) is 0 Å². The van der Waals surface area contributed by atoms with Crippen LogP contribution in [0.5, 0.6) is 0 Å². The molecule has 7 heteroatoms. The molecule has 0 unspecified atom stereocenters. The fourth-order valence-electron chi connectivity index (χ4n) is 1.91. The van der Waals surface area contributed by atoms with E-state index in [1.165, 1.54) is 0 Å². The fraction of sp³-hybridized carbons (Fsp3) is 0.615. The van der Waals surface area contributed by atoms with E-state index in [1.54, 1.807) is 17.9 Å². The van der Waals surface area contributed by atoms with E-state index in [9.17, 15) is 9.59 Å². The van der Waals surface area contributed by atoms with Crippen LogP contribution >= 0.6 is 0 Å². The minimum absolute atomic E-state index is 0.181. The SMILES string of the molecule is CCc1nn(C)cc1NC(=O)N[C@@H](CC(C)C)C(=O)O. The summed E-state index contributed by atoms with van der Waals surface area (Å²) in [4.78, 5) is 23.0. The zero-order valence-electron chi connectivity index (χ0n) is 12.3. The molecule has 112 valence electrons. The molecule has 1 rings (SSSR count). The molecular formula is C13H22N4O3. The van der Waals surface area contributed by atoms with Gasteiger partial charge in [-0.1, -0.05) is 20.8 Å². The molecule has 1 atom stereocenters. The van der Waals surface area contributed by atoms with Gasteiger partial charge in [-0.3, -0.25) is 4.68 Å². The maximum Gasteiger partial charge on any atom is 0.326 e. The number of aromatic nitrogens is 2. The summed E-state index contributed by atoms with van der Waals surface area (Å²) in [6.45, 7) is 5.75. The van der Waals surface area contributed by atoms with Crippen LogP contribution in [-0.4, -0.2) is 32.9 Å². The second-order valence-corrected chi connectivity index (χ2v) is 5.14. The van der Waals surface area contributed by atoms with Crippen molar-refractivity contribution in [2.75, 3.05) is 5.32 Å². The summed E-state index contributed by atoms with van der Waals surface area (Å²) in [7, 11) is 1.76. The molecule has 0 fully saturated rings. The highest BCUT2D eigenvalue weighted by Gasteiger charge is 2.21. The number of rotatable bonds is 6. The van der Waals surface area contributed by atoms with Crippen LogP contribution in [0.3, 0.4) is 0 Å². The number of nitrogens with zero attached hydrogens (tertiary/aromatic N) is 2. The van der Waals surface area contributed by atoms with E-state index in [2.05, 4.69) is 15.7 Å².